The fourth-order valence-corrected chi connectivity index (χ4v) is 2.18. The van der Waals surface area contributed by atoms with Gasteiger partial charge in [0.1, 0.15) is 5.75 Å². The standard InChI is InChI=1S/C17H26N2O3/c1-4-6-12-19(11-5-2)17(21)16(20)18-13-14-9-7-8-10-15(14)22-3/h7-10H,4-6,11-13H2,1-3H3,(H,18,20). The third kappa shape index (κ3) is 5.39. The molecule has 122 valence electrons. The first-order chi connectivity index (χ1) is 10.6. The number of benzene rings is 1. The predicted molar refractivity (Wildman–Crippen MR) is 86.6 cm³/mol. The number of amides is 2. The number of nitrogens with one attached hydrogen (secondary N) is 1. The topological polar surface area (TPSA) is 58.6 Å². The summed E-state index contributed by atoms with van der Waals surface area (Å²) in [6.07, 6.45) is 2.75. The summed E-state index contributed by atoms with van der Waals surface area (Å²) in [5.74, 6) is -0.313. The van der Waals surface area contributed by atoms with Gasteiger partial charge in [-0.2, -0.15) is 0 Å². The molecule has 0 aliphatic rings. The lowest BCUT2D eigenvalue weighted by molar-refractivity contribution is -0.146. The van der Waals surface area contributed by atoms with Crippen LogP contribution in [0.2, 0.25) is 0 Å². The Morgan fingerprint density at radius 2 is 1.86 bits per heavy atom. The van der Waals surface area contributed by atoms with Crippen molar-refractivity contribution in [3.63, 3.8) is 0 Å². The normalized spacial score (nSPS) is 10.1. The van der Waals surface area contributed by atoms with Crippen molar-refractivity contribution in [2.45, 2.75) is 39.7 Å². The minimum Gasteiger partial charge on any atom is -0.496 e. The monoisotopic (exact) mass is 306 g/mol. The summed E-state index contributed by atoms with van der Waals surface area (Å²) in [6.45, 7) is 5.59. The van der Waals surface area contributed by atoms with E-state index in [4.69, 9.17) is 4.74 Å². The molecule has 0 heterocycles. The fourth-order valence-electron chi connectivity index (χ4n) is 2.18. The van der Waals surface area contributed by atoms with Crippen molar-refractivity contribution in [1.82, 2.24) is 10.2 Å². The van der Waals surface area contributed by atoms with Gasteiger partial charge < -0.3 is 15.0 Å². The summed E-state index contributed by atoms with van der Waals surface area (Å²) < 4.78 is 5.23. The number of carbonyl (C=O) groups is 2. The zero-order valence-corrected chi connectivity index (χ0v) is 13.7. The average Bonchev–Trinajstić information content (AvgIpc) is 2.56. The van der Waals surface area contributed by atoms with Crippen molar-refractivity contribution in [2.24, 2.45) is 0 Å². The summed E-state index contributed by atoms with van der Waals surface area (Å²) in [4.78, 5) is 25.9. The average molecular weight is 306 g/mol. The van der Waals surface area contributed by atoms with E-state index in [2.05, 4.69) is 12.2 Å². The lowest BCUT2D eigenvalue weighted by Gasteiger charge is -2.21. The highest BCUT2D eigenvalue weighted by Gasteiger charge is 2.20. The molecule has 0 radical (unpaired) electrons. The molecule has 5 heteroatoms. The molecule has 0 aromatic heterocycles. The molecule has 5 nitrogen and oxygen atoms in total. The van der Waals surface area contributed by atoms with Crippen LogP contribution in [0.1, 0.15) is 38.7 Å². The van der Waals surface area contributed by atoms with Gasteiger partial charge in [0.2, 0.25) is 0 Å². The number of rotatable bonds is 8. The van der Waals surface area contributed by atoms with E-state index in [1.54, 1.807) is 12.0 Å². The van der Waals surface area contributed by atoms with Crippen LogP contribution in [0, 0.1) is 0 Å². The second-order valence-corrected chi connectivity index (χ2v) is 5.14. The number of carbonyl (C=O) groups excluding carboxylic acids is 2. The molecular weight excluding hydrogens is 280 g/mol. The van der Waals surface area contributed by atoms with Crippen molar-refractivity contribution < 1.29 is 14.3 Å². The largest absolute Gasteiger partial charge is 0.496 e. The van der Waals surface area contributed by atoms with Gasteiger partial charge in [-0.05, 0) is 18.9 Å². The lowest BCUT2D eigenvalue weighted by atomic mass is 10.2. The zero-order chi connectivity index (χ0) is 16.4. The highest BCUT2D eigenvalue weighted by atomic mass is 16.5. The molecule has 0 saturated carbocycles. The van der Waals surface area contributed by atoms with Gasteiger partial charge in [-0.15, -0.1) is 0 Å². The van der Waals surface area contributed by atoms with E-state index in [9.17, 15) is 9.59 Å². The number of nitrogens with zero attached hydrogens (tertiary/aromatic N) is 1. The summed E-state index contributed by atoms with van der Waals surface area (Å²) in [5, 5.41) is 2.68. The minimum atomic E-state index is -0.560. The Kier molecular flexibility index (Phi) is 8.04. The van der Waals surface area contributed by atoms with Crippen LogP contribution in [-0.2, 0) is 16.1 Å². The Morgan fingerprint density at radius 1 is 1.14 bits per heavy atom. The third-order valence-corrected chi connectivity index (χ3v) is 3.39. The van der Waals surface area contributed by atoms with Crippen LogP contribution in [-0.4, -0.2) is 36.9 Å². The second-order valence-electron chi connectivity index (χ2n) is 5.14. The van der Waals surface area contributed by atoms with E-state index in [1.807, 2.05) is 31.2 Å². The number of hydrogen-bond acceptors (Lipinski definition) is 3. The van der Waals surface area contributed by atoms with Crippen molar-refractivity contribution in [2.75, 3.05) is 20.2 Å². The number of hydrogen-bond donors (Lipinski definition) is 1. The molecule has 2 amide bonds. The van der Waals surface area contributed by atoms with Crippen molar-refractivity contribution in [3.05, 3.63) is 29.8 Å². The van der Waals surface area contributed by atoms with Gasteiger partial charge in [-0.3, -0.25) is 9.59 Å². The number of para-hydroxylation sites is 1. The smallest absolute Gasteiger partial charge is 0.311 e. The van der Waals surface area contributed by atoms with Gasteiger partial charge in [0.25, 0.3) is 0 Å². The molecule has 1 rings (SSSR count). The maximum atomic E-state index is 12.2. The molecular formula is C17H26N2O3. The van der Waals surface area contributed by atoms with Gasteiger partial charge in [-0.25, -0.2) is 0 Å². The Labute approximate surface area is 132 Å². The number of unbranched alkanes of at least 4 members (excludes halogenated alkanes) is 1. The van der Waals surface area contributed by atoms with Crippen LogP contribution in [0.3, 0.4) is 0 Å². The molecule has 1 aromatic carbocycles. The van der Waals surface area contributed by atoms with Gasteiger partial charge in [0.05, 0.1) is 7.11 Å². The van der Waals surface area contributed by atoms with E-state index in [-0.39, 0.29) is 6.54 Å². The molecule has 0 spiro atoms. The Hall–Kier alpha value is -2.04. The SMILES string of the molecule is CCCCN(CCC)C(=O)C(=O)NCc1ccccc1OC. The highest BCUT2D eigenvalue weighted by Crippen LogP contribution is 2.16. The maximum absolute atomic E-state index is 12.2. The molecule has 0 aliphatic carbocycles. The van der Waals surface area contributed by atoms with E-state index in [0.717, 1.165) is 24.8 Å². The molecule has 1 aromatic rings. The molecule has 0 fully saturated rings. The summed E-state index contributed by atoms with van der Waals surface area (Å²) in [6, 6.07) is 7.43. The predicted octanol–water partition coefficient (Wildman–Crippen LogP) is 2.35. The van der Waals surface area contributed by atoms with E-state index >= 15 is 0 Å². The molecule has 1 N–H and O–H groups in total. The second kappa shape index (κ2) is 9.82. The third-order valence-electron chi connectivity index (χ3n) is 3.39. The Bertz CT molecular complexity index is 489. The van der Waals surface area contributed by atoms with Crippen LogP contribution >= 0.6 is 0 Å². The highest BCUT2D eigenvalue weighted by molar-refractivity contribution is 6.34. The van der Waals surface area contributed by atoms with Crippen molar-refractivity contribution in [1.29, 1.82) is 0 Å². The summed E-state index contributed by atoms with van der Waals surface area (Å²) >= 11 is 0. The van der Waals surface area contributed by atoms with E-state index in [0.29, 0.717) is 18.8 Å². The Morgan fingerprint density at radius 3 is 2.50 bits per heavy atom. The van der Waals surface area contributed by atoms with E-state index in [1.165, 1.54) is 0 Å². The lowest BCUT2D eigenvalue weighted by Crippen LogP contribution is -2.43. The number of ether oxygens (including phenoxy) is 1. The van der Waals surface area contributed by atoms with Gasteiger partial charge in [0, 0.05) is 25.2 Å². The van der Waals surface area contributed by atoms with E-state index < -0.39 is 11.8 Å². The van der Waals surface area contributed by atoms with Crippen LogP contribution in [0.4, 0.5) is 0 Å². The van der Waals surface area contributed by atoms with Crippen molar-refractivity contribution in [3.8, 4) is 5.75 Å². The van der Waals surface area contributed by atoms with Crippen molar-refractivity contribution >= 4 is 11.8 Å². The first-order valence-electron chi connectivity index (χ1n) is 7.83. The maximum Gasteiger partial charge on any atom is 0.311 e. The zero-order valence-electron chi connectivity index (χ0n) is 13.7. The molecule has 0 aliphatic heterocycles. The first-order valence-corrected chi connectivity index (χ1v) is 7.83. The Balaban J connectivity index is 2.60. The minimum absolute atomic E-state index is 0.280. The van der Waals surface area contributed by atoms with Crippen LogP contribution < -0.4 is 10.1 Å². The molecule has 0 saturated heterocycles. The van der Waals surface area contributed by atoms with Gasteiger partial charge >= 0.3 is 11.8 Å². The summed E-state index contributed by atoms with van der Waals surface area (Å²) in [5.41, 5.74) is 0.849. The number of methoxy groups -OCH3 is 1. The van der Waals surface area contributed by atoms with Crippen LogP contribution in [0.25, 0.3) is 0 Å². The molecule has 0 unspecified atom stereocenters. The van der Waals surface area contributed by atoms with Gasteiger partial charge in [0.15, 0.2) is 0 Å². The molecule has 22 heavy (non-hydrogen) atoms. The van der Waals surface area contributed by atoms with Crippen LogP contribution in [0.15, 0.2) is 24.3 Å². The quantitative estimate of drug-likeness (QED) is 0.750. The van der Waals surface area contributed by atoms with Gasteiger partial charge in [-0.1, -0.05) is 38.5 Å². The first kappa shape index (κ1) is 18.0. The fraction of sp³-hybridized carbons (Fsp3) is 0.529. The summed E-state index contributed by atoms with van der Waals surface area (Å²) in [7, 11) is 1.58. The molecule has 0 bridgehead atoms. The molecule has 0 atom stereocenters. The van der Waals surface area contributed by atoms with Crippen LogP contribution in [0.5, 0.6) is 5.75 Å².